The van der Waals surface area contributed by atoms with Crippen LogP contribution in [0, 0.1) is 5.92 Å². The Morgan fingerprint density at radius 2 is 1.28 bits per heavy atom. The van der Waals surface area contributed by atoms with Gasteiger partial charge in [0.2, 0.25) is 17.7 Å². The van der Waals surface area contributed by atoms with E-state index in [9.17, 15) is 19.2 Å². The van der Waals surface area contributed by atoms with Gasteiger partial charge in [0.05, 0.1) is 18.6 Å². The van der Waals surface area contributed by atoms with Crippen molar-refractivity contribution < 1.29 is 19.2 Å². The summed E-state index contributed by atoms with van der Waals surface area (Å²) in [6.07, 6.45) is 0. The lowest BCUT2D eigenvalue weighted by atomic mass is 10.0. The number of rotatable bonds is 10. The zero-order chi connectivity index (χ0) is 19.7. The molecule has 8 nitrogen and oxygen atoms in total. The summed E-state index contributed by atoms with van der Waals surface area (Å²) in [6.45, 7) is 12.0. The third-order valence-corrected chi connectivity index (χ3v) is 3.53. The van der Waals surface area contributed by atoms with E-state index < -0.39 is 29.9 Å². The molecule has 25 heavy (non-hydrogen) atoms. The van der Waals surface area contributed by atoms with Crippen molar-refractivity contribution in [1.29, 1.82) is 0 Å². The van der Waals surface area contributed by atoms with Crippen LogP contribution < -0.4 is 21.3 Å². The molecule has 0 aliphatic rings. The Labute approximate surface area is 149 Å². The van der Waals surface area contributed by atoms with Gasteiger partial charge in [-0.15, -0.1) is 0 Å². The maximum Gasteiger partial charge on any atom is 0.242 e. The Hall–Kier alpha value is -1.96. The first-order chi connectivity index (χ1) is 11.5. The first-order valence-electron chi connectivity index (χ1n) is 8.62. The van der Waals surface area contributed by atoms with Crippen LogP contribution in [0.15, 0.2) is 0 Å². The Morgan fingerprint density at radius 3 is 1.76 bits per heavy atom. The summed E-state index contributed by atoms with van der Waals surface area (Å²) < 4.78 is 0. The van der Waals surface area contributed by atoms with Gasteiger partial charge in [0.15, 0.2) is 5.78 Å². The Morgan fingerprint density at radius 1 is 0.720 bits per heavy atom. The summed E-state index contributed by atoms with van der Waals surface area (Å²) in [7, 11) is 0. The van der Waals surface area contributed by atoms with E-state index in [4.69, 9.17) is 0 Å². The third-order valence-electron chi connectivity index (χ3n) is 3.53. The lowest BCUT2D eigenvalue weighted by Crippen LogP contribution is -2.53. The number of carbonyl (C=O) groups excluding carboxylic acids is 4. The SMILES string of the molecule is CC(C)N[C@H](C)C(=O)N[C@H](C)C(=O)NCC(=O)N[C@H](C)C(=O)C(C)C. The van der Waals surface area contributed by atoms with E-state index in [2.05, 4.69) is 21.3 Å². The lowest BCUT2D eigenvalue weighted by molar-refractivity contribution is -0.131. The van der Waals surface area contributed by atoms with Crippen LogP contribution in [0.1, 0.15) is 48.5 Å². The molecule has 3 amide bonds. The van der Waals surface area contributed by atoms with Gasteiger partial charge in [0.25, 0.3) is 0 Å². The molecule has 0 saturated heterocycles. The average molecular weight is 356 g/mol. The fourth-order valence-electron chi connectivity index (χ4n) is 2.16. The van der Waals surface area contributed by atoms with E-state index in [-0.39, 0.29) is 30.2 Å². The highest BCUT2D eigenvalue weighted by Crippen LogP contribution is 1.98. The van der Waals surface area contributed by atoms with E-state index >= 15 is 0 Å². The minimum atomic E-state index is -0.772. The summed E-state index contributed by atoms with van der Waals surface area (Å²) in [4.78, 5) is 47.4. The number of amides is 3. The monoisotopic (exact) mass is 356 g/mol. The molecule has 144 valence electrons. The van der Waals surface area contributed by atoms with Crippen LogP contribution >= 0.6 is 0 Å². The topological polar surface area (TPSA) is 116 Å². The quantitative estimate of drug-likeness (QED) is 0.430. The second-order valence-electron chi connectivity index (χ2n) is 6.84. The molecular weight excluding hydrogens is 324 g/mol. The number of carbonyl (C=O) groups is 4. The fraction of sp³-hybridized carbons (Fsp3) is 0.765. The van der Waals surface area contributed by atoms with Crippen LogP contribution in [-0.2, 0) is 19.2 Å². The van der Waals surface area contributed by atoms with Crippen molar-refractivity contribution in [1.82, 2.24) is 21.3 Å². The molecule has 0 bridgehead atoms. The second-order valence-corrected chi connectivity index (χ2v) is 6.84. The molecule has 0 rings (SSSR count). The Kier molecular flexibility index (Phi) is 9.96. The second kappa shape index (κ2) is 10.8. The van der Waals surface area contributed by atoms with Crippen molar-refractivity contribution in [2.45, 2.75) is 72.6 Å². The molecule has 0 unspecified atom stereocenters. The van der Waals surface area contributed by atoms with Crippen LogP contribution in [0.5, 0.6) is 0 Å². The highest BCUT2D eigenvalue weighted by Gasteiger charge is 2.21. The molecule has 0 spiro atoms. The molecule has 0 aliphatic heterocycles. The van der Waals surface area contributed by atoms with Gasteiger partial charge in [0.1, 0.15) is 6.04 Å². The first-order valence-corrected chi connectivity index (χ1v) is 8.62. The zero-order valence-electron chi connectivity index (χ0n) is 16.2. The maximum atomic E-state index is 12.0. The summed E-state index contributed by atoms with van der Waals surface area (Å²) in [5, 5.41) is 10.6. The Balaban J connectivity index is 4.30. The van der Waals surface area contributed by atoms with Gasteiger partial charge >= 0.3 is 0 Å². The number of hydrogen-bond acceptors (Lipinski definition) is 5. The van der Waals surface area contributed by atoms with Crippen molar-refractivity contribution in [3.63, 3.8) is 0 Å². The van der Waals surface area contributed by atoms with Gasteiger partial charge in [-0.2, -0.15) is 0 Å². The molecule has 0 fully saturated rings. The smallest absolute Gasteiger partial charge is 0.242 e. The van der Waals surface area contributed by atoms with Crippen LogP contribution in [0.4, 0.5) is 0 Å². The molecule has 0 aromatic rings. The molecule has 3 atom stereocenters. The lowest BCUT2D eigenvalue weighted by Gasteiger charge is -2.20. The van der Waals surface area contributed by atoms with Crippen LogP contribution in [0.25, 0.3) is 0 Å². The largest absolute Gasteiger partial charge is 0.345 e. The van der Waals surface area contributed by atoms with Crippen LogP contribution in [0.3, 0.4) is 0 Å². The van der Waals surface area contributed by atoms with Gasteiger partial charge < -0.3 is 21.3 Å². The number of nitrogens with one attached hydrogen (secondary N) is 4. The predicted octanol–water partition coefficient (Wildman–Crippen LogP) is -0.276. The van der Waals surface area contributed by atoms with Gasteiger partial charge in [0, 0.05) is 12.0 Å². The first kappa shape index (κ1) is 23.0. The third kappa shape index (κ3) is 9.19. The Bertz CT molecular complexity index is 491. The van der Waals surface area contributed by atoms with Gasteiger partial charge in [-0.25, -0.2) is 0 Å². The van der Waals surface area contributed by atoms with E-state index in [1.54, 1.807) is 27.7 Å². The number of hydrogen-bond donors (Lipinski definition) is 4. The normalized spacial score (nSPS) is 14.6. The van der Waals surface area contributed by atoms with Gasteiger partial charge in [-0.3, -0.25) is 19.2 Å². The number of Topliss-reactive ketones (excluding diaryl/α,β-unsaturated/α-hetero) is 1. The standard InChI is InChI=1S/C17H32N4O4/c1-9(2)15(23)11(5)20-14(22)8-18-16(24)12(6)21-17(25)13(7)19-10(3)4/h9-13,19H,8H2,1-7H3,(H,18,24)(H,20,22)(H,21,25)/t11-,12-,13-/m1/s1. The van der Waals surface area contributed by atoms with Crippen molar-refractivity contribution in [2.24, 2.45) is 5.92 Å². The maximum absolute atomic E-state index is 12.0. The van der Waals surface area contributed by atoms with Gasteiger partial charge in [-0.1, -0.05) is 27.7 Å². The molecule has 0 aliphatic carbocycles. The average Bonchev–Trinajstić information content (AvgIpc) is 2.50. The molecule has 0 heterocycles. The minimum Gasteiger partial charge on any atom is -0.345 e. The van der Waals surface area contributed by atoms with Crippen LogP contribution in [-0.4, -0.2) is 54.2 Å². The fourth-order valence-corrected chi connectivity index (χ4v) is 2.16. The molecule has 4 N–H and O–H groups in total. The van der Waals surface area contributed by atoms with E-state index in [0.717, 1.165) is 0 Å². The molecular formula is C17H32N4O4. The molecule has 8 heteroatoms. The van der Waals surface area contributed by atoms with Crippen molar-refractivity contribution in [2.75, 3.05) is 6.54 Å². The highest BCUT2D eigenvalue weighted by molar-refractivity contribution is 5.93. The highest BCUT2D eigenvalue weighted by atomic mass is 16.2. The summed E-state index contributed by atoms with van der Waals surface area (Å²) in [6, 6.07) is -1.67. The number of ketones is 1. The summed E-state index contributed by atoms with van der Waals surface area (Å²) >= 11 is 0. The summed E-state index contributed by atoms with van der Waals surface area (Å²) in [5.41, 5.74) is 0. The van der Waals surface area contributed by atoms with E-state index in [1.807, 2.05) is 13.8 Å². The molecule has 0 saturated carbocycles. The van der Waals surface area contributed by atoms with Crippen molar-refractivity contribution in [3.8, 4) is 0 Å². The van der Waals surface area contributed by atoms with E-state index in [0.29, 0.717) is 0 Å². The zero-order valence-corrected chi connectivity index (χ0v) is 16.2. The summed E-state index contributed by atoms with van der Waals surface area (Å²) in [5.74, 6) is -1.48. The van der Waals surface area contributed by atoms with Crippen molar-refractivity contribution >= 4 is 23.5 Å². The molecule has 0 aromatic heterocycles. The minimum absolute atomic E-state index is 0.0769. The molecule has 0 radical (unpaired) electrons. The van der Waals surface area contributed by atoms with Crippen molar-refractivity contribution in [3.05, 3.63) is 0 Å². The molecule has 0 aromatic carbocycles. The van der Waals surface area contributed by atoms with E-state index in [1.165, 1.54) is 6.92 Å². The van der Waals surface area contributed by atoms with Crippen LogP contribution in [0.2, 0.25) is 0 Å². The van der Waals surface area contributed by atoms with Gasteiger partial charge in [-0.05, 0) is 20.8 Å². The predicted molar refractivity (Wildman–Crippen MR) is 95.8 cm³/mol.